The van der Waals surface area contributed by atoms with Gasteiger partial charge in [0.1, 0.15) is 18.2 Å². The molecule has 2 heterocycles. The van der Waals surface area contributed by atoms with Gasteiger partial charge in [0.25, 0.3) is 15.9 Å². The van der Waals surface area contributed by atoms with Crippen LogP contribution in [0.2, 0.25) is 0 Å². The number of nitrogens with zero attached hydrogens (tertiary/aromatic N) is 2. The number of amidine groups is 1. The zero-order chi connectivity index (χ0) is 20.4. The molecule has 1 amide bonds. The lowest BCUT2D eigenvalue weighted by atomic mass is 10.0. The minimum Gasteiger partial charge on any atom is -0.491 e. The zero-order valence-electron chi connectivity index (χ0n) is 16.0. The molecule has 0 spiro atoms. The van der Waals surface area contributed by atoms with Crippen molar-refractivity contribution >= 4 is 21.8 Å². The zero-order valence-corrected chi connectivity index (χ0v) is 16.8. The van der Waals surface area contributed by atoms with Gasteiger partial charge >= 0.3 is 0 Å². The van der Waals surface area contributed by atoms with Gasteiger partial charge in [-0.05, 0) is 43.0 Å². The van der Waals surface area contributed by atoms with E-state index in [2.05, 4.69) is 4.40 Å². The summed E-state index contributed by atoms with van der Waals surface area (Å²) in [6.07, 6.45) is 2.85. The highest BCUT2D eigenvalue weighted by Crippen LogP contribution is 2.29. The van der Waals surface area contributed by atoms with E-state index in [-0.39, 0.29) is 23.5 Å². The lowest BCUT2D eigenvalue weighted by molar-refractivity contribution is 0.0528. The number of benzene rings is 2. The Morgan fingerprint density at radius 3 is 2.72 bits per heavy atom. The van der Waals surface area contributed by atoms with Gasteiger partial charge in [0.15, 0.2) is 0 Å². The van der Waals surface area contributed by atoms with Crippen molar-refractivity contribution in [3.8, 4) is 5.75 Å². The molecule has 2 aromatic rings. The molecule has 152 valence electrons. The molecule has 0 saturated carbocycles. The number of piperidine rings is 1. The second-order valence-electron chi connectivity index (χ2n) is 7.32. The molecule has 1 atom stereocenters. The lowest BCUT2D eigenvalue weighted by Crippen LogP contribution is -2.46. The van der Waals surface area contributed by atoms with Crippen molar-refractivity contribution in [3.05, 3.63) is 65.2 Å². The Morgan fingerprint density at radius 1 is 1.14 bits per heavy atom. The Bertz CT molecular complexity index is 1050. The van der Waals surface area contributed by atoms with E-state index in [1.807, 2.05) is 35.2 Å². The molecule has 2 aliphatic rings. The predicted octanol–water partition coefficient (Wildman–Crippen LogP) is 2.31. The Hall–Kier alpha value is -2.87. The van der Waals surface area contributed by atoms with Crippen LogP contribution in [-0.2, 0) is 15.8 Å². The molecular formula is C21H23N3O4S. The Balaban J connectivity index is 1.53. The van der Waals surface area contributed by atoms with E-state index in [0.29, 0.717) is 35.6 Å². The van der Waals surface area contributed by atoms with Crippen LogP contribution >= 0.6 is 0 Å². The van der Waals surface area contributed by atoms with Crippen molar-refractivity contribution in [3.63, 3.8) is 0 Å². The van der Waals surface area contributed by atoms with Gasteiger partial charge in [0, 0.05) is 12.1 Å². The van der Waals surface area contributed by atoms with E-state index in [4.69, 9.17) is 10.5 Å². The Labute approximate surface area is 170 Å². The summed E-state index contributed by atoms with van der Waals surface area (Å²) < 4.78 is 33.3. The summed E-state index contributed by atoms with van der Waals surface area (Å²) in [6.45, 7) is 1.01. The number of amides is 1. The average Bonchev–Trinajstić information content (AvgIpc) is 2.71. The average molecular weight is 413 g/mol. The van der Waals surface area contributed by atoms with Gasteiger partial charge in [-0.1, -0.05) is 30.3 Å². The fraction of sp³-hybridized carbons (Fsp3) is 0.333. The summed E-state index contributed by atoms with van der Waals surface area (Å²) in [7, 11) is -3.59. The number of sulfonamides is 1. The summed E-state index contributed by atoms with van der Waals surface area (Å²) in [4.78, 5) is 14.8. The third kappa shape index (κ3) is 4.12. The molecule has 0 aromatic heterocycles. The van der Waals surface area contributed by atoms with Gasteiger partial charge in [0.2, 0.25) is 0 Å². The van der Waals surface area contributed by atoms with Crippen LogP contribution in [0, 0.1) is 0 Å². The van der Waals surface area contributed by atoms with E-state index in [0.717, 1.165) is 19.3 Å². The van der Waals surface area contributed by atoms with E-state index in [1.54, 1.807) is 18.2 Å². The van der Waals surface area contributed by atoms with Crippen LogP contribution in [0.5, 0.6) is 5.75 Å². The lowest BCUT2D eigenvalue weighted by Gasteiger charge is -2.36. The fourth-order valence-electron chi connectivity index (χ4n) is 3.91. The molecule has 8 heteroatoms. The molecule has 1 fully saturated rings. The van der Waals surface area contributed by atoms with Crippen LogP contribution in [-0.4, -0.2) is 44.3 Å². The van der Waals surface area contributed by atoms with Crippen molar-refractivity contribution in [2.75, 3.05) is 13.2 Å². The van der Waals surface area contributed by atoms with Crippen molar-refractivity contribution < 1.29 is 17.9 Å². The highest BCUT2D eigenvalue weighted by atomic mass is 32.2. The first-order chi connectivity index (χ1) is 13.9. The molecule has 0 radical (unpaired) electrons. The Kier molecular flexibility index (Phi) is 5.27. The third-order valence-corrected chi connectivity index (χ3v) is 6.43. The first-order valence-corrected chi connectivity index (χ1v) is 11.2. The molecule has 2 aliphatic heterocycles. The smallest absolute Gasteiger partial charge is 0.259 e. The topological polar surface area (TPSA) is 102 Å². The SMILES string of the molecule is NC1=NS(=O)(=O)Cc2cccc(OC[C@H]3CCCCN3C(=O)c3ccccc3)c21. The molecule has 0 unspecified atom stereocenters. The van der Waals surface area contributed by atoms with Crippen LogP contribution < -0.4 is 10.5 Å². The van der Waals surface area contributed by atoms with E-state index in [1.165, 1.54) is 0 Å². The van der Waals surface area contributed by atoms with Crippen molar-refractivity contribution in [2.45, 2.75) is 31.1 Å². The number of hydrogen-bond donors (Lipinski definition) is 1. The van der Waals surface area contributed by atoms with Gasteiger partial charge in [0.05, 0.1) is 17.4 Å². The van der Waals surface area contributed by atoms with Gasteiger partial charge in [-0.25, -0.2) is 8.42 Å². The van der Waals surface area contributed by atoms with Gasteiger partial charge in [-0.2, -0.15) is 0 Å². The molecule has 0 aliphatic carbocycles. The number of ether oxygens (including phenoxy) is 1. The highest BCUT2D eigenvalue weighted by molar-refractivity contribution is 7.89. The Morgan fingerprint density at radius 2 is 1.93 bits per heavy atom. The third-order valence-electron chi connectivity index (χ3n) is 5.28. The summed E-state index contributed by atoms with van der Waals surface area (Å²) >= 11 is 0. The molecule has 2 aromatic carbocycles. The number of fused-ring (bicyclic) bond motifs is 1. The molecular weight excluding hydrogens is 390 g/mol. The summed E-state index contributed by atoms with van der Waals surface area (Å²) in [5.41, 5.74) is 7.68. The van der Waals surface area contributed by atoms with E-state index >= 15 is 0 Å². The summed E-state index contributed by atoms with van der Waals surface area (Å²) in [6, 6.07) is 14.4. The van der Waals surface area contributed by atoms with E-state index < -0.39 is 10.0 Å². The number of carbonyl (C=O) groups is 1. The monoisotopic (exact) mass is 413 g/mol. The normalized spacial score (nSPS) is 20.5. The number of carbonyl (C=O) groups excluding carboxylic acids is 1. The molecule has 2 N–H and O–H groups in total. The first-order valence-electron chi connectivity index (χ1n) is 9.64. The van der Waals surface area contributed by atoms with Gasteiger partial charge < -0.3 is 15.4 Å². The van der Waals surface area contributed by atoms with Crippen LogP contribution in [0.4, 0.5) is 0 Å². The van der Waals surface area contributed by atoms with Crippen LogP contribution in [0.25, 0.3) is 0 Å². The van der Waals surface area contributed by atoms with Crippen molar-refractivity contribution in [1.29, 1.82) is 0 Å². The minimum absolute atomic E-state index is 0.00107. The molecule has 29 heavy (non-hydrogen) atoms. The number of hydrogen-bond acceptors (Lipinski definition) is 5. The maximum atomic E-state index is 12.9. The fourth-order valence-corrected chi connectivity index (χ4v) is 4.99. The van der Waals surface area contributed by atoms with Crippen LogP contribution in [0.3, 0.4) is 0 Å². The quantitative estimate of drug-likeness (QED) is 0.829. The predicted molar refractivity (Wildman–Crippen MR) is 110 cm³/mol. The number of rotatable bonds is 4. The van der Waals surface area contributed by atoms with Crippen molar-refractivity contribution in [1.82, 2.24) is 4.90 Å². The maximum Gasteiger partial charge on any atom is 0.259 e. The standard InChI is InChI=1S/C21H23N3O4S/c22-20-19-16(14-29(26,27)23-20)9-6-11-18(19)28-13-17-10-4-5-12-24(17)21(25)15-7-2-1-3-8-15/h1-3,6-9,11,17H,4-5,10,12-14H2,(H2,22,23)/t17-/m1/s1. The second kappa shape index (κ2) is 7.87. The first kappa shape index (κ1) is 19.4. The number of nitrogens with two attached hydrogens (primary N) is 1. The second-order valence-corrected chi connectivity index (χ2v) is 8.95. The largest absolute Gasteiger partial charge is 0.491 e. The molecule has 4 rings (SSSR count). The van der Waals surface area contributed by atoms with Crippen molar-refractivity contribution in [2.24, 2.45) is 10.1 Å². The number of likely N-dealkylation sites (tertiary alicyclic amines) is 1. The van der Waals surface area contributed by atoms with Gasteiger partial charge in [-0.3, -0.25) is 4.79 Å². The highest BCUT2D eigenvalue weighted by Gasteiger charge is 2.29. The summed E-state index contributed by atoms with van der Waals surface area (Å²) in [5, 5.41) is 0. The van der Waals surface area contributed by atoms with Crippen LogP contribution in [0.1, 0.15) is 40.7 Å². The summed E-state index contributed by atoms with van der Waals surface area (Å²) in [5.74, 6) is 0.252. The maximum absolute atomic E-state index is 12.9. The van der Waals surface area contributed by atoms with Gasteiger partial charge in [-0.15, -0.1) is 4.40 Å². The van der Waals surface area contributed by atoms with E-state index in [9.17, 15) is 13.2 Å². The molecule has 7 nitrogen and oxygen atoms in total. The molecule has 1 saturated heterocycles. The minimum atomic E-state index is -3.59. The molecule has 0 bridgehead atoms. The van der Waals surface area contributed by atoms with Crippen LogP contribution in [0.15, 0.2) is 52.9 Å².